The van der Waals surface area contributed by atoms with E-state index in [4.69, 9.17) is 16.3 Å². The topological polar surface area (TPSA) is 49.8 Å². The van der Waals surface area contributed by atoms with Gasteiger partial charge in [-0.05, 0) is 24.5 Å². The van der Waals surface area contributed by atoms with Gasteiger partial charge in [0.05, 0.1) is 12.7 Å². The van der Waals surface area contributed by atoms with Crippen molar-refractivity contribution in [3.63, 3.8) is 0 Å². The van der Waals surface area contributed by atoms with Gasteiger partial charge in [-0.2, -0.15) is 0 Å². The number of hydrogen-bond acceptors (Lipinski definition) is 3. The van der Waals surface area contributed by atoms with E-state index in [0.717, 1.165) is 6.42 Å². The molecule has 1 aliphatic rings. The predicted octanol–water partition coefficient (Wildman–Crippen LogP) is 2.49. The lowest BCUT2D eigenvalue weighted by Gasteiger charge is -2.25. The molecule has 104 valence electrons. The van der Waals surface area contributed by atoms with Crippen molar-refractivity contribution < 1.29 is 14.6 Å². The van der Waals surface area contributed by atoms with Gasteiger partial charge in [0.2, 0.25) is 0 Å². The molecule has 0 bridgehead atoms. The summed E-state index contributed by atoms with van der Waals surface area (Å²) in [4.78, 5) is 14.2. The van der Waals surface area contributed by atoms with Crippen molar-refractivity contribution in [1.82, 2.24) is 4.90 Å². The van der Waals surface area contributed by atoms with E-state index in [-0.39, 0.29) is 17.7 Å². The van der Waals surface area contributed by atoms with Crippen molar-refractivity contribution in [2.75, 3.05) is 19.5 Å². The standard InChI is InChI=1S/C14H18ClNO3/c1-9-5-6-16(12(9)8-15)14(18)11-4-3-10(19-2)7-13(11)17/h3-4,7,9,12,17H,5-6,8H2,1-2H3. The zero-order valence-corrected chi connectivity index (χ0v) is 11.9. The molecule has 5 heteroatoms. The second-order valence-corrected chi connectivity index (χ2v) is 5.18. The summed E-state index contributed by atoms with van der Waals surface area (Å²) in [6.07, 6.45) is 0.944. The summed E-state index contributed by atoms with van der Waals surface area (Å²) < 4.78 is 5.01. The highest BCUT2D eigenvalue weighted by atomic mass is 35.5. The molecule has 0 aromatic heterocycles. The molecule has 1 aliphatic heterocycles. The number of hydrogen-bond donors (Lipinski definition) is 1. The fourth-order valence-corrected chi connectivity index (χ4v) is 2.94. The highest BCUT2D eigenvalue weighted by molar-refractivity contribution is 6.18. The molecule has 1 saturated heterocycles. The van der Waals surface area contributed by atoms with Gasteiger partial charge in [-0.25, -0.2) is 0 Å². The lowest BCUT2D eigenvalue weighted by Crippen LogP contribution is -2.38. The maximum Gasteiger partial charge on any atom is 0.257 e. The van der Waals surface area contributed by atoms with E-state index in [1.807, 2.05) is 0 Å². The molecule has 0 spiro atoms. The number of phenolic OH excluding ortho intramolecular Hbond substituents is 1. The van der Waals surface area contributed by atoms with E-state index in [1.165, 1.54) is 13.2 Å². The van der Waals surface area contributed by atoms with Gasteiger partial charge in [0.15, 0.2) is 0 Å². The van der Waals surface area contributed by atoms with Gasteiger partial charge in [0.25, 0.3) is 5.91 Å². The molecule has 1 heterocycles. The van der Waals surface area contributed by atoms with Crippen molar-refractivity contribution in [2.24, 2.45) is 5.92 Å². The van der Waals surface area contributed by atoms with Gasteiger partial charge in [-0.1, -0.05) is 6.92 Å². The number of halogens is 1. The maximum absolute atomic E-state index is 12.4. The Labute approximate surface area is 117 Å². The summed E-state index contributed by atoms with van der Waals surface area (Å²) >= 11 is 5.94. The first kappa shape index (κ1) is 14.0. The second kappa shape index (κ2) is 5.70. The van der Waals surface area contributed by atoms with Crippen LogP contribution in [0.4, 0.5) is 0 Å². The first-order valence-corrected chi connectivity index (χ1v) is 6.86. The molecular formula is C14H18ClNO3. The smallest absolute Gasteiger partial charge is 0.257 e. The van der Waals surface area contributed by atoms with E-state index in [1.54, 1.807) is 17.0 Å². The highest BCUT2D eigenvalue weighted by Crippen LogP contribution is 2.30. The van der Waals surface area contributed by atoms with Gasteiger partial charge in [0, 0.05) is 24.5 Å². The number of likely N-dealkylation sites (tertiary alicyclic amines) is 1. The average molecular weight is 284 g/mol. The number of amides is 1. The highest BCUT2D eigenvalue weighted by Gasteiger charge is 2.34. The number of methoxy groups -OCH3 is 1. The van der Waals surface area contributed by atoms with Gasteiger partial charge < -0.3 is 14.7 Å². The van der Waals surface area contributed by atoms with Crippen molar-refractivity contribution >= 4 is 17.5 Å². The largest absolute Gasteiger partial charge is 0.507 e. The fraction of sp³-hybridized carbons (Fsp3) is 0.500. The SMILES string of the molecule is COc1ccc(C(=O)N2CCC(C)C2CCl)c(O)c1. The molecule has 1 fully saturated rings. The molecule has 2 atom stereocenters. The van der Waals surface area contributed by atoms with Gasteiger partial charge in [-0.15, -0.1) is 11.6 Å². The van der Waals surface area contributed by atoms with E-state index >= 15 is 0 Å². The summed E-state index contributed by atoms with van der Waals surface area (Å²) in [6.45, 7) is 2.77. The molecule has 1 amide bonds. The number of aromatic hydroxyl groups is 1. The van der Waals surface area contributed by atoms with E-state index in [0.29, 0.717) is 29.7 Å². The summed E-state index contributed by atoms with van der Waals surface area (Å²) in [5.74, 6) is 1.11. The second-order valence-electron chi connectivity index (χ2n) is 4.87. The lowest BCUT2D eigenvalue weighted by molar-refractivity contribution is 0.0734. The molecule has 0 saturated carbocycles. The van der Waals surface area contributed by atoms with Crippen LogP contribution in [-0.2, 0) is 0 Å². The predicted molar refractivity (Wildman–Crippen MR) is 74.0 cm³/mol. The van der Waals surface area contributed by atoms with Crippen LogP contribution in [-0.4, -0.2) is 41.5 Å². The molecule has 2 unspecified atom stereocenters. The summed E-state index contributed by atoms with van der Waals surface area (Å²) in [7, 11) is 1.52. The van der Waals surface area contributed by atoms with Crippen molar-refractivity contribution in [3.8, 4) is 11.5 Å². The number of phenols is 1. The Morgan fingerprint density at radius 1 is 1.58 bits per heavy atom. The van der Waals surface area contributed by atoms with Crippen molar-refractivity contribution in [2.45, 2.75) is 19.4 Å². The number of ether oxygens (including phenoxy) is 1. The monoisotopic (exact) mass is 283 g/mol. The molecule has 0 aliphatic carbocycles. The quantitative estimate of drug-likeness (QED) is 0.867. The minimum atomic E-state index is -0.171. The van der Waals surface area contributed by atoms with Gasteiger partial charge in [0.1, 0.15) is 11.5 Å². The zero-order valence-electron chi connectivity index (χ0n) is 11.1. The Morgan fingerprint density at radius 3 is 2.89 bits per heavy atom. The van der Waals surface area contributed by atoms with Crippen LogP contribution >= 0.6 is 11.6 Å². The number of rotatable bonds is 3. The van der Waals surface area contributed by atoms with E-state index in [9.17, 15) is 9.90 Å². The molecular weight excluding hydrogens is 266 g/mol. The van der Waals surface area contributed by atoms with Crippen LogP contribution in [0.5, 0.6) is 11.5 Å². The van der Waals surface area contributed by atoms with Crippen LogP contribution in [0.3, 0.4) is 0 Å². The Hall–Kier alpha value is -1.42. The molecule has 19 heavy (non-hydrogen) atoms. The first-order chi connectivity index (χ1) is 9.08. The molecule has 1 aromatic carbocycles. The van der Waals surface area contributed by atoms with E-state index < -0.39 is 0 Å². The fourth-order valence-electron chi connectivity index (χ4n) is 2.47. The Balaban J connectivity index is 2.24. The molecule has 0 radical (unpaired) electrons. The number of carbonyl (C=O) groups excluding carboxylic acids is 1. The summed E-state index contributed by atoms with van der Waals surface area (Å²) in [5.41, 5.74) is 0.296. The average Bonchev–Trinajstić information content (AvgIpc) is 2.78. The summed E-state index contributed by atoms with van der Waals surface area (Å²) in [6, 6.07) is 4.74. The van der Waals surface area contributed by atoms with Crippen molar-refractivity contribution in [1.29, 1.82) is 0 Å². The molecule has 1 N–H and O–H groups in total. The van der Waals surface area contributed by atoms with Crippen LogP contribution in [0.15, 0.2) is 18.2 Å². The van der Waals surface area contributed by atoms with Crippen LogP contribution in [0.1, 0.15) is 23.7 Å². The van der Waals surface area contributed by atoms with Crippen LogP contribution in [0.25, 0.3) is 0 Å². The number of carbonyl (C=O) groups is 1. The normalized spacial score (nSPS) is 22.6. The van der Waals surface area contributed by atoms with Gasteiger partial charge in [-0.3, -0.25) is 4.79 Å². The van der Waals surface area contributed by atoms with E-state index in [2.05, 4.69) is 6.92 Å². The first-order valence-electron chi connectivity index (χ1n) is 6.32. The van der Waals surface area contributed by atoms with Crippen LogP contribution in [0.2, 0.25) is 0 Å². The van der Waals surface area contributed by atoms with Crippen molar-refractivity contribution in [3.05, 3.63) is 23.8 Å². The number of alkyl halides is 1. The Kier molecular flexibility index (Phi) is 4.20. The Morgan fingerprint density at radius 2 is 2.32 bits per heavy atom. The van der Waals surface area contributed by atoms with Crippen LogP contribution < -0.4 is 4.74 Å². The minimum Gasteiger partial charge on any atom is -0.507 e. The zero-order chi connectivity index (χ0) is 14.0. The molecule has 4 nitrogen and oxygen atoms in total. The molecule has 2 rings (SSSR count). The maximum atomic E-state index is 12.4. The summed E-state index contributed by atoms with van der Waals surface area (Å²) in [5, 5.41) is 9.92. The lowest BCUT2D eigenvalue weighted by atomic mass is 10.0. The minimum absolute atomic E-state index is 0.0377. The number of nitrogens with zero attached hydrogens (tertiary/aromatic N) is 1. The third-order valence-electron chi connectivity index (χ3n) is 3.74. The Bertz CT molecular complexity index is 478. The number of benzene rings is 1. The third kappa shape index (κ3) is 2.63. The van der Waals surface area contributed by atoms with Crippen LogP contribution in [0, 0.1) is 5.92 Å². The van der Waals surface area contributed by atoms with Gasteiger partial charge >= 0.3 is 0 Å². The molecule has 1 aromatic rings. The third-order valence-corrected chi connectivity index (χ3v) is 4.05.